The quantitative estimate of drug-likeness (QED) is 0.761. The van der Waals surface area contributed by atoms with Crippen LogP contribution in [0.5, 0.6) is 0 Å². The van der Waals surface area contributed by atoms with Gasteiger partial charge in [0, 0.05) is 50.3 Å². The van der Waals surface area contributed by atoms with Crippen LogP contribution in [-0.2, 0) is 20.7 Å². The Morgan fingerprint density at radius 1 is 1.25 bits per heavy atom. The summed E-state index contributed by atoms with van der Waals surface area (Å²) in [5.74, 6) is -0.181. The van der Waals surface area contributed by atoms with Crippen LogP contribution in [0.1, 0.15) is 30.1 Å². The van der Waals surface area contributed by atoms with Crippen molar-refractivity contribution >= 4 is 11.8 Å². The van der Waals surface area contributed by atoms with E-state index in [1.165, 1.54) is 0 Å². The van der Waals surface area contributed by atoms with Gasteiger partial charge in [0.2, 0.25) is 5.91 Å². The molecule has 0 aromatic carbocycles. The number of carbonyl (C=O) groups is 2. The maximum absolute atomic E-state index is 13.2. The molecule has 1 saturated heterocycles. The molecule has 2 aromatic heterocycles. The molecule has 3 heterocycles. The van der Waals surface area contributed by atoms with Gasteiger partial charge >= 0.3 is 0 Å². The topological polar surface area (TPSA) is 75.6 Å². The predicted molar refractivity (Wildman–Crippen MR) is 102 cm³/mol. The van der Waals surface area contributed by atoms with E-state index in [0.717, 1.165) is 24.1 Å². The fraction of sp³-hybridized carbons (Fsp3) is 0.429. The average molecular weight is 380 g/mol. The van der Waals surface area contributed by atoms with E-state index < -0.39 is 12.1 Å². The summed E-state index contributed by atoms with van der Waals surface area (Å²) >= 11 is 0. The van der Waals surface area contributed by atoms with Crippen LogP contribution in [0.25, 0.3) is 0 Å². The lowest BCUT2D eigenvalue weighted by atomic mass is 9.97. The van der Waals surface area contributed by atoms with Crippen molar-refractivity contribution in [2.24, 2.45) is 0 Å². The first kappa shape index (κ1) is 18.6. The predicted octanol–water partition coefficient (Wildman–Crippen LogP) is 1.61. The summed E-state index contributed by atoms with van der Waals surface area (Å²) in [4.78, 5) is 37.8. The van der Waals surface area contributed by atoms with E-state index in [1.54, 1.807) is 30.5 Å². The van der Waals surface area contributed by atoms with Gasteiger partial charge in [-0.1, -0.05) is 12.1 Å². The highest BCUT2D eigenvalue weighted by atomic mass is 16.5. The Bertz CT molecular complexity index is 826. The molecule has 0 bridgehead atoms. The van der Waals surface area contributed by atoms with Crippen LogP contribution < -0.4 is 0 Å². The van der Waals surface area contributed by atoms with Gasteiger partial charge < -0.3 is 14.5 Å². The maximum Gasteiger partial charge on any atom is 0.254 e. The van der Waals surface area contributed by atoms with Gasteiger partial charge in [-0.05, 0) is 36.6 Å². The normalized spacial score (nSPS) is 22.2. The molecule has 1 aliphatic carbocycles. The lowest BCUT2D eigenvalue weighted by molar-refractivity contribution is -0.169. The van der Waals surface area contributed by atoms with E-state index in [9.17, 15) is 9.59 Å². The summed E-state index contributed by atoms with van der Waals surface area (Å²) in [6.07, 6.45) is 7.04. The van der Waals surface area contributed by atoms with Gasteiger partial charge in [-0.25, -0.2) is 0 Å². The van der Waals surface area contributed by atoms with Gasteiger partial charge in [0.15, 0.2) is 6.10 Å². The second kappa shape index (κ2) is 8.06. The van der Waals surface area contributed by atoms with E-state index in [4.69, 9.17) is 4.74 Å². The van der Waals surface area contributed by atoms with Crippen LogP contribution in [0.4, 0.5) is 0 Å². The summed E-state index contributed by atoms with van der Waals surface area (Å²) in [5.41, 5.74) is 1.77. The molecular weight excluding hydrogens is 356 g/mol. The summed E-state index contributed by atoms with van der Waals surface area (Å²) in [5, 5.41) is 0. The number of nitrogens with zero attached hydrogens (tertiary/aromatic N) is 4. The number of aromatic nitrogens is 2. The van der Waals surface area contributed by atoms with Gasteiger partial charge in [-0.15, -0.1) is 0 Å². The van der Waals surface area contributed by atoms with Crippen molar-refractivity contribution in [1.29, 1.82) is 0 Å². The number of carbonyl (C=O) groups excluding carboxylic acids is 2. The lowest BCUT2D eigenvalue weighted by Gasteiger charge is -2.41. The first-order valence-electron chi connectivity index (χ1n) is 9.62. The molecule has 0 radical (unpaired) electrons. The molecule has 4 rings (SSSR count). The minimum atomic E-state index is -0.726. The first-order valence-corrected chi connectivity index (χ1v) is 9.62. The molecule has 0 spiro atoms. The van der Waals surface area contributed by atoms with Crippen molar-refractivity contribution in [2.75, 3.05) is 20.2 Å². The van der Waals surface area contributed by atoms with Crippen LogP contribution in [0.2, 0.25) is 0 Å². The van der Waals surface area contributed by atoms with Crippen molar-refractivity contribution in [3.8, 4) is 0 Å². The number of pyridine rings is 2. The van der Waals surface area contributed by atoms with Crippen molar-refractivity contribution in [1.82, 2.24) is 19.8 Å². The Morgan fingerprint density at radius 2 is 2.11 bits per heavy atom. The Balaban J connectivity index is 1.53. The molecule has 2 amide bonds. The third-order valence-electron chi connectivity index (χ3n) is 5.28. The number of amides is 2. The minimum absolute atomic E-state index is 0.0578. The van der Waals surface area contributed by atoms with Crippen LogP contribution in [0.3, 0.4) is 0 Å². The van der Waals surface area contributed by atoms with Crippen LogP contribution in [0.15, 0.2) is 48.9 Å². The molecule has 1 saturated carbocycles. The number of hydrogen-bond donors (Lipinski definition) is 0. The molecule has 7 heteroatoms. The Labute approximate surface area is 164 Å². The molecule has 0 unspecified atom stereocenters. The summed E-state index contributed by atoms with van der Waals surface area (Å²) in [6.45, 7) is 0.477. The molecule has 2 fully saturated rings. The highest BCUT2D eigenvalue weighted by Crippen LogP contribution is 2.39. The monoisotopic (exact) mass is 380 g/mol. The average Bonchev–Trinajstić information content (AvgIpc) is 3.57. The molecule has 7 nitrogen and oxygen atoms in total. The molecule has 146 valence electrons. The van der Waals surface area contributed by atoms with Crippen molar-refractivity contribution in [3.05, 3.63) is 60.2 Å². The minimum Gasteiger partial charge on any atom is -0.356 e. The van der Waals surface area contributed by atoms with Gasteiger partial charge in [-0.2, -0.15) is 0 Å². The van der Waals surface area contributed by atoms with Crippen molar-refractivity contribution in [3.63, 3.8) is 0 Å². The fourth-order valence-corrected chi connectivity index (χ4v) is 3.66. The molecule has 2 atom stereocenters. The van der Waals surface area contributed by atoms with E-state index >= 15 is 0 Å². The second-order valence-electron chi connectivity index (χ2n) is 7.33. The number of hydrogen-bond acceptors (Lipinski definition) is 5. The number of morpholine rings is 1. The van der Waals surface area contributed by atoms with Crippen LogP contribution in [-0.4, -0.2) is 63.9 Å². The summed E-state index contributed by atoms with van der Waals surface area (Å²) in [6, 6.07) is 9.24. The van der Waals surface area contributed by atoms with E-state index in [1.807, 2.05) is 35.2 Å². The van der Waals surface area contributed by atoms with E-state index in [2.05, 4.69) is 9.97 Å². The van der Waals surface area contributed by atoms with Gasteiger partial charge in [0.25, 0.3) is 5.91 Å². The first-order chi connectivity index (χ1) is 13.6. The smallest absolute Gasteiger partial charge is 0.254 e. The Kier molecular flexibility index (Phi) is 5.34. The SMILES string of the molecule is CN(CCc1ccccn1)C(=O)[C@H]1OCC(=O)N(C2CC2)[C@@H]1c1cccnc1. The largest absolute Gasteiger partial charge is 0.356 e. The van der Waals surface area contributed by atoms with Gasteiger partial charge in [0.1, 0.15) is 6.61 Å². The zero-order chi connectivity index (χ0) is 19.5. The highest BCUT2D eigenvalue weighted by Gasteiger charge is 2.48. The van der Waals surface area contributed by atoms with Crippen LogP contribution in [0, 0.1) is 0 Å². The van der Waals surface area contributed by atoms with Gasteiger partial charge in [-0.3, -0.25) is 19.6 Å². The van der Waals surface area contributed by atoms with Gasteiger partial charge in [0.05, 0.1) is 6.04 Å². The fourth-order valence-electron chi connectivity index (χ4n) is 3.66. The number of rotatable bonds is 6. The molecule has 2 aromatic rings. The summed E-state index contributed by atoms with van der Waals surface area (Å²) < 4.78 is 5.77. The Morgan fingerprint density at radius 3 is 2.79 bits per heavy atom. The van der Waals surface area contributed by atoms with E-state index in [-0.39, 0.29) is 24.5 Å². The van der Waals surface area contributed by atoms with Crippen molar-refractivity contribution in [2.45, 2.75) is 37.5 Å². The maximum atomic E-state index is 13.2. The van der Waals surface area contributed by atoms with Crippen LogP contribution >= 0.6 is 0 Å². The zero-order valence-electron chi connectivity index (χ0n) is 15.9. The molecule has 28 heavy (non-hydrogen) atoms. The number of likely N-dealkylation sites (N-methyl/N-ethyl adjacent to an activating group) is 1. The highest BCUT2D eigenvalue weighted by molar-refractivity contribution is 5.86. The molecule has 0 N–H and O–H groups in total. The Hall–Kier alpha value is -2.80. The van der Waals surface area contributed by atoms with Crippen molar-refractivity contribution < 1.29 is 14.3 Å². The van der Waals surface area contributed by atoms with E-state index in [0.29, 0.717) is 13.0 Å². The lowest BCUT2D eigenvalue weighted by Crippen LogP contribution is -2.55. The third kappa shape index (κ3) is 3.89. The summed E-state index contributed by atoms with van der Waals surface area (Å²) in [7, 11) is 1.77. The zero-order valence-corrected chi connectivity index (χ0v) is 15.9. The molecule has 2 aliphatic rings. The third-order valence-corrected chi connectivity index (χ3v) is 5.28. The second-order valence-corrected chi connectivity index (χ2v) is 7.33. The molecule has 1 aliphatic heterocycles. The standard InChI is InChI=1S/C21H24N4O3/c1-24(12-9-16-6-2-3-11-23-16)21(27)20-19(15-5-4-10-22-13-15)25(17-7-8-17)18(26)14-28-20/h2-6,10-11,13,17,19-20H,7-9,12,14H2,1H3/t19-,20+/m1/s1. The number of ether oxygens (including phenoxy) is 1. The molecular formula is C21H24N4O3.